The molecule has 0 bridgehead atoms. The molecule has 0 amide bonds. The second-order valence-electron chi connectivity index (χ2n) is 4.68. The molecule has 0 atom stereocenters. The van der Waals surface area contributed by atoms with Crippen molar-refractivity contribution in [3.8, 4) is 11.1 Å². The Morgan fingerprint density at radius 3 is 1.58 bits per heavy atom. The Balaban J connectivity index is 2.02. The van der Waals surface area contributed by atoms with Gasteiger partial charge in [0.15, 0.2) is 0 Å². The van der Waals surface area contributed by atoms with Crippen molar-refractivity contribution in [2.24, 2.45) is 0 Å². The quantitative estimate of drug-likeness (QED) is 0.490. The van der Waals surface area contributed by atoms with E-state index >= 15 is 0 Å². The average molecular weight is 242 g/mol. The van der Waals surface area contributed by atoms with Crippen LogP contribution >= 0.6 is 0 Å². The number of benzene rings is 2. The summed E-state index contributed by atoms with van der Waals surface area (Å²) in [6.07, 6.45) is 1.85. The second kappa shape index (κ2) is 4.06. The molecule has 19 heavy (non-hydrogen) atoms. The lowest BCUT2D eigenvalue weighted by molar-refractivity contribution is 1.14. The Bertz CT molecular complexity index is 686. The molecule has 1 heterocycles. The molecule has 3 aromatic rings. The standard InChI is InChI=1S/C18H12N/c1-3-9-15-13(7-1)14-8-2-4-10-16(14)18(15)17-11-5-6-12-19-17/h1-12H. The molecule has 4 rings (SSSR count). The number of aromatic nitrogens is 1. The van der Waals surface area contributed by atoms with Crippen LogP contribution in [0.25, 0.3) is 11.1 Å². The van der Waals surface area contributed by atoms with Gasteiger partial charge in [0.2, 0.25) is 0 Å². The molecule has 0 aliphatic heterocycles. The number of nitrogens with zero attached hydrogens (tertiary/aromatic N) is 1. The minimum absolute atomic E-state index is 1.04. The lowest BCUT2D eigenvalue weighted by atomic mass is 9.93. The van der Waals surface area contributed by atoms with Gasteiger partial charge in [0, 0.05) is 6.20 Å². The van der Waals surface area contributed by atoms with E-state index in [1.807, 2.05) is 18.3 Å². The summed E-state index contributed by atoms with van der Waals surface area (Å²) in [5, 5.41) is 0. The van der Waals surface area contributed by atoms with Crippen LogP contribution in [-0.2, 0) is 0 Å². The normalized spacial score (nSPS) is 13.1. The number of pyridine rings is 1. The fourth-order valence-electron chi connectivity index (χ4n) is 2.80. The number of hydrogen-bond donors (Lipinski definition) is 0. The van der Waals surface area contributed by atoms with Gasteiger partial charge in [-0.25, -0.2) is 0 Å². The maximum Gasteiger partial charge on any atom is 0.0829 e. The summed E-state index contributed by atoms with van der Waals surface area (Å²) in [4.78, 5) is 4.52. The van der Waals surface area contributed by atoms with Gasteiger partial charge in [-0.15, -0.1) is 0 Å². The predicted octanol–water partition coefficient (Wildman–Crippen LogP) is 4.08. The van der Waals surface area contributed by atoms with Crippen LogP contribution in [0.3, 0.4) is 0 Å². The molecule has 0 unspecified atom stereocenters. The molecule has 1 heteroatoms. The zero-order valence-electron chi connectivity index (χ0n) is 10.4. The van der Waals surface area contributed by atoms with Crippen LogP contribution in [0.15, 0.2) is 72.9 Å². The third-order valence-corrected chi connectivity index (χ3v) is 3.60. The van der Waals surface area contributed by atoms with Crippen molar-refractivity contribution in [3.05, 3.63) is 95.7 Å². The number of rotatable bonds is 1. The maximum atomic E-state index is 4.52. The molecule has 1 aliphatic rings. The minimum atomic E-state index is 1.04. The Morgan fingerprint density at radius 2 is 1.05 bits per heavy atom. The second-order valence-corrected chi connectivity index (χ2v) is 4.68. The van der Waals surface area contributed by atoms with E-state index in [4.69, 9.17) is 0 Å². The fraction of sp³-hybridized carbons (Fsp3) is 0. The van der Waals surface area contributed by atoms with Crippen LogP contribution in [0.1, 0.15) is 16.8 Å². The molecule has 0 N–H and O–H groups in total. The summed E-state index contributed by atoms with van der Waals surface area (Å²) >= 11 is 0. The van der Waals surface area contributed by atoms with Crippen molar-refractivity contribution in [2.45, 2.75) is 0 Å². The van der Waals surface area contributed by atoms with E-state index in [-0.39, 0.29) is 0 Å². The zero-order chi connectivity index (χ0) is 12.7. The van der Waals surface area contributed by atoms with Gasteiger partial charge in [0.05, 0.1) is 11.6 Å². The van der Waals surface area contributed by atoms with Crippen molar-refractivity contribution >= 4 is 0 Å². The van der Waals surface area contributed by atoms with E-state index in [1.165, 1.54) is 28.2 Å². The lowest BCUT2D eigenvalue weighted by Crippen LogP contribution is -2.02. The van der Waals surface area contributed by atoms with Gasteiger partial charge >= 0.3 is 0 Å². The molecular weight excluding hydrogens is 230 g/mol. The summed E-state index contributed by atoms with van der Waals surface area (Å²) in [5.41, 5.74) is 6.21. The number of fused-ring (bicyclic) bond motifs is 3. The zero-order valence-corrected chi connectivity index (χ0v) is 10.4. The molecule has 1 aliphatic carbocycles. The van der Waals surface area contributed by atoms with Crippen LogP contribution in [0.2, 0.25) is 0 Å². The van der Waals surface area contributed by atoms with Crippen molar-refractivity contribution in [1.29, 1.82) is 0 Å². The van der Waals surface area contributed by atoms with E-state index in [2.05, 4.69) is 59.6 Å². The van der Waals surface area contributed by atoms with E-state index in [0.717, 1.165) is 5.69 Å². The van der Waals surface area contributed by atoms with E-state index in [1.54, 1.807) is 0 Å². The third-order valence-electron chi connectivity index (χ3n) is 3.60. The summed E-state index contributed by atoms with van der Waals surface area (Å²) in [7, 11) is 0. The smallest absolute Gasteiger partial charge is 0.0829 e. The summed E-state index contributed by atoms with van der Waals surface area (Å²) < 4.78 is 0. The monoisotopic (exact) mass is 242 g/mol. The number of hydrogen-bond acceptors (Lipinski definition) is 1. The highest BCUT2D eigenvalue weighted by atomic mass is 14.7. The Kier molecular flexibility index (Phi) is 2.25. The molecule has 0 saturated heterocycles. The summed E-state index contributed by atoms with van der Waals surface area (Å²) in [6, 6.07) is 23.2. The topological polar surface area (TPSA) is 12.9 Å². The van der Waals surface area contributed by atoms with Crippen LogP contribution < -0.4 is 0 Å². The summed E-state index contributed by atoms with van der Waals surface area (Å²) in [5.74, 6) is 1.24. The van der Waals surface area contributed by atoms with Crippen LogP contribution in [0.4, 0.5) is 0 Å². The molecule has 2 aromatic carbocycles. The predicted molar refractivity (Wildman–Crippen MR) is 76.7 cm³/mol. The SMILES string of the molecule is c1ccc([C]2c3ccccc3-c3ccccc32)nc1. The van der Waals surface area contributed by atoms with E-state index in [0.29, 0.717) is 0 Å². The van der Waals surface area contributed by atoms with Crippen LogP contribution in [-0.4, -0.2) is 4.98 Å². The first-order valence-corrected chi connectivity index (χ1v) is 6.43. The van der Waals surface area contributed by atoms with Gasteiger partial charge in [0.1, 0.15) is 0 Å². The first-order valence-electron chi connectivity index (χ1n) is 6.43. The minimum Gasteiger partial charge on any atom is -0.260 e. The Labute approximate surface area is 112 Å². The molecule has 89 valence electrons. The fourth-order valence-corrected chi connectivity index (χ4v) is 2.80. The van der Waals surface area contributed by atoms with Gasteiger partial charge in [0.25, 0.3) is 0 Å². The molecule has 0 fully saturated rings. The molecule has 1 nitrogen and oxygen atoms in total. The van der Waals surface area contributed by atoms with Crippen LogP contribution in [0.5, 0.6) is 0 Å². The summed E-state index contributed by atoms with van der Waals surface area (Å²) in [6.45, 7) is 0. The van der Waals surface area contributed by atoms with Crippen molar-refractivity contribution in [2.75, 3.05) is 0 Å². The Morgan fingerprint density at radius 1 is 0.526 bits per heavy atom. The van der Waals surface area contributed by atoms with Crippen molar-refractivity contribution in [1.82, 2.24) is 4.98 Å². The van der Waals surface area contributed by atoms with E-state index in [9.17, 15) is 0 Å². The highest BCUT2D eigenvalue weighted by molar-refractivity contribution is 5.86. The molecule has 0 spiro atoms. The molecule has 1 radical (unpaired) electrons. The largest absolute Gasteiger partial charge is 0.260 e. The van der Waals surface area contributed by atoms with E-state index < -0.39 is 0 Å². The van der Waals surface area contributed by atoms with Gasteiger partial charge < -0.3 is 0 Å². The first kappa shape index (κ1) is 10.5. The third kappa shape index (κ3) is 1.52. The van der Waals surface area contributed by atoms with Gasteiger partial charge in [-0.2, -0.15) is 0 Å². The first-order chi connectivity index (χ1) is 9.45. The van der Waals surface area contributed by atoms with Gasteiger partial charge in [-0.05, 0) is 34.4 Å². The van der Waals surface area contributed by atoms with Crippen molar-refractivity contribution in [3.63, 3.8) is 0 Å². The van der Waals surface area contributed by atoms with Crippen LogP contribution in [0, 0.1) is 5.92 Å². The maximum absolute atomic E-state index is 4.52. The molecule has 1 aromatic heterocycles. The van der Waals surface area contributed by atoms with Gasteiger partial charge in [-0.1, -0.05) is 54.6 Å². The highest BCUT2D eigenvalue weighted by Gasteiger charge is 2.30. The highest BCUT2D eigenvalue weighted by Crippen LogP contribution is 2.46. The molecule has 0 saturated carbocycles. The van der Waals surface area contributed by atoms with Crippen molar-refractivity contribution < 1.29 is 0 Å². The Hall–Kier alpha value is -2.41. The molecular formula is C18H12N. The van der Waals surface area contributed by atoms with Gasteiger partial charge in [-0.3, -0.25) is 4.98 Å². The average Bonchev–Trinajstić information content (AvgIpc) is 2.83. The lowest BCUT2D eigenvalue weighted by Gasteiger charge is -2.11.